The molecule has 1 atom stereocenters. The van der Waals surface area contributed by atoms with Crippen LogP contribution in [0, 0.1) is 18.7 Å². The van der Waals surface area contributed by atoms with Gasteiger partial charge in [0, 0.05) is 4.90 Å². The monoisotopic (exact) mass is 403 g/mol. The molecule has 1 unspecified atom stereocenters. The van der Waals surface area contributed by atoms with Gasteiger partial charge in [0.05, 0.1) is 10.8 Å². The minimum absolute atomic E-state index is 0.0458. The quantitative estimate of drug-likeness (QED) is 0.447. The summed E-state index contributed by atoms with van der Waals surface area (Å²) in [6.07, 6.45) is -7.97. The van der Waals surface area contributed by atoms with E-state index in [1.165, 1.54) is 6.92 Å². The molecule has 0 aromatic heterocycles. The van der Waals surface area contributed by atoms with E-state index in [1.807, 2.05) is 0 Å². The van der Waals surface area contributed by atoms with E-state index in [4.69, 9.17) is 0 Å². The van der Waals surface area contributed by atoms with E-state index in [9.17, 15) is 34.9 Å². The predicted octanol–water partition coefficient (Wildman–Crippen LogP) is 5.63. The van der Waals surface area contributed by atoms with Gasteiger partial charge in [-0.05, 0) is 43.4 Å². The summed E-state index contributed by atoms with van der Waals surface area (Å²) in [4.78, 5) is 2.93. The van der Waals surface area contributed by atoms with Gasteiger partial charge in [-0.2, -0.15) is 26.3 Å². The highest BCUT2D eigenvalue weighted by Crippen LogP contribution is 2.36. The number of hydrogen-bond acceptors (Lipinski definition) is 2. The Morgan fingerprint density at radius 2 is 1.81 bits per heavy atom. The Morgan fingerprint density at radius 3 is 2.31 bits per heavy atom. The van der Waals surface area contributed by atoms with Crippen LogP contribution in [0.2, 0.25) is 0 Å². The van der Waals surface area contributed by atoms with Gasteiger partial charge in [-0.1, -0.05) is 12.8 Å². The highest BCUT2D eigenvalue weighted by atomic mass is 32.2. The molecule has 0 N–H and O–H groups in total. The van der Waals surface area contributed by atoms with Gasteiger partial charge in [0.15, 0.2) is 0 Å². The number of hydrogen-bond donors (Lipinski definition) is 0. The van der Waals surface area contributed by atoms with Gasteiger partial charge < -0.3 is 0 Å². The normalized spacial score (nSPS) is 17.5. The van der Waals surface area contributed by atoms with E-state index < -0.39 is 52.5 Å². The topological polar surface area (TPSA) is 29.4 Å². The molecule has 26 heavy (non-hydrogen) atoms. The molecule has 146 valence electrons. The molecule has 0 heterocycles. The summed E-state index contributed by atoms with van der Waals surface area (Å²) in [5.41, 5.74) is -2.00. The van der Waals surface area contributed by atoms with Crippen molar-refractivity contribution in [1.82, 2.24) is 0 Å². The van der Waals surface area contributed by atoms with Gasteiger partial charge in [0.1, 0.15) is 23.0 Å². The summed E-state index contributed by atoms with van der Waals surface area (Å²) >= 11 is 0. The summed E-state index contributed by atoms with van der Waals surface area (Å²) in [6.45, 7) is 1.23. The molecule has 1 aliphatic rings. The van der Waals surface area contributed by atoms with Crippen molar-refractivity contribution in [3.8, 4) is 0 Å². The molecule has 2 nitrogen and oxygen atoms in total. The number of rotatable bonds is 6. The summed E-state index contributed by atoms with van der Waals surface area (Å²) in [6, 6.07) is 1.45. The maximum absolute atomic E-state index is 14.0. The van der Waals surface area contributed by atoms with Crippen LogP contribution in [0.25, 0.3) is 0 Å². The zero-order valence-electron chi connectivity index (χ0n) is 13.7. The first-order valence-electron chi connectivity index (χ1n) is 7.77. The zero-order valence-corrected chi connectivity index (χ0v) is 14.5. The highest BCUT2D eigenvalue weighted by molar-refractivity contribution is 7.85. The standard InChI is InChI=1S/C16H16F7NOS/c1-9-6-11(17)12(7-13(9)26(25)8-15(18,19)20)24-14(16(21,22)23)5-4-10-2-3-10/h6-7,10H,2-5,8H2,1H3. The summed E-state index contributed by atoms with van der Waals surface area (Å²) in [5.74, 6) is -2.58. The molecule has 0 amide bonds. The van der Waals surface area contributed by atoms with Crippen molar-refractivity contribution < 1.29 is 34.9 Å². The Bertz CT molecular complexity index is 721. The minimum atomic E-state index is -4.78. The molecule has 0 aliphatic heterocycles. The average molecular weight is 403 g/mol. The fourth-order valence-corrected chi connectivity index (χ4v) is 3.47. The van der Waals surface area contributed by atoms with E-state index in [2.05, 4.69) is 4.99 Å². The lowest BCUT2D eigenvalue weighted by Gasteiger charge is -2.13. The largest absolute Gasteiger partial charge is 0.429 e. The van der Waals surface area contributed by atoms with Crippen molar-refractivity contribution in [3.05, 3.63) is 23.5 Å². The Labute approximate surface area is 148 Å². The van der Waals surface area contributed by atoms with Gasteiger partial charge in [-0.3, -0.25) is 4.21 Å². The molecular formula is C16H16F7NOS. The van der Waals surface area contributed by atoms with Crippen molar-refractivity contribution in [2.75, 3.05) is 5.75 Å². The van der Waals surface area contributed by atoms with Crippen molar-refractivity contribution >= 4 is 22.2 Å². The van der Waals surface area contributed by atoms with Crippen LogP contribution < -0.4 is 0 Å². The van der Waals surface area contributed by atoms with Crippen LogP contribution >= 0.6 is 0 Å². The van der Waals surface area contributed by atoms with Crippen LogP contribution in [-0.2, 0) is 10.8 Å². The first-order valence-corrected chi connectivity index (χ1v) is 9.09. The Morgan fingerprint density at radius 1 is 1.19 bits per heavy atom. The number of nitrogens with zero attached hydrogens (tertiary/aromatic N) is 1. The second-order valence-electron chi connectivity index (χ2n) is 6.21. The number of aryl methyl sites for hydroxylation is 1. The molecule has 2 rings (SSSR count). The predicted molar refractivity (Wildman–Crippen MR) is 83.6 cm³/mol. The van der Waals surface area contributed by atoms with Crippen LogP contribution in [0.5, 0.6) is 0 Å². The lowest BCUT2D eigenvalue weighted by molar-refractivity contribution is -0.105. The molecule has 10 heteroatoms. The third-order valence-corrected chi connectivity index (χ3v) is 5.37. The third-order valence-electron chi connectivity index (χ3n) is 3.85. The summed E-state index contributed by atoms with van der Waals surface area (Å²) < 4.78 is 102. The molecular weight excluding hydrogens is 387 g/mol. The Kier molecular flexibility index (Phi) is 6.14. The molecule has 0 bridgehead atoms. The molecule has 1 aromatic rings. The van der Waals surface area contributed by atoms with E-state index >= 15 is 0 Å². The lowest BCUT2D eigenvalue weighted by Crippen LogP contribution is -2.23. The van der Waals surface area contributed by atoms with Crippen LogP contribution in [0.15, 0.2) is 22.0 Å². The van der Waals surface area contributed by atoms with E-state index in [1.54, 1.807) is 0 Å². The maximum Gasteiger partial charge on any atom is 0.429 e. The zero-order chi connectivity index (χ0) is 19.7. The fraction of sp³-hybridized carbons (Fsp3) is 0.562. The average Bonchev–Trinajstić information content (AvgIpc) is 3.26. The number of alkyl halides is 6. The highest BCUT2D eigenvalue weighted by Gasteiger charge is 2.37. The first-order chi connectivity index (χ1) is 11.9. The van der Waals surface area contributed by atoms with Crippen LogP contribution in [-0.4, -0.2) is 28.0 Å². The lowest BCUT2D eigenvalue weighted by atomic mass is 10.1. The Hall–Kier alpha value is -1.45. The second-order valence-corrected chi connectivity index (χ2v) is 7.63. The second kappa shape index (κ2) is 7.66. The first kappa shape index (κ1) is 20.9. The van der Waals surface area contributed by atoms with Gasteiger partial charge in [-0.25, -0.2) is 9.38 Å². The van der Waals surface area contributed by atoms with E-state index in [0.717, 1.165) is 18.9 Å². The molecule has 1 aromatic carbocycles. The van der Waals surface area contributed by atoms with Gasteiger partial charge in [0.25, 0.3) is 0 Å². The Balaban J connectivity index is 2.36. The van der Waals surface area contributed by atoms with Crippen molar-refractivity contribution in [3.63, 3.8) is 0 Å². The van der Waals surface area contributed by atoms with Gasteiger partial charge >= 0.3 is 12.4 Å². The minimum Gasteiger partial charge on any atom is -0.254 e. The molecule has 0 saturated heterocycles. The summed E-state index contributed by atoms with van der Waals surface area (Å²) in [7, 11) is -2.56. The number of benzene rings is 1. The molecule has 0 spiro atoms. The van der Waals surface area contributed by atoms with Gasteiger partial charge in [0.2, 0.25) is 0 Å². The molecule has 1 saturated carbocycles. The maximum atomic E-state index is 14.0. The fourth-order valence-electron chi connectivity index (χ4n) is 2.35. The van der Waals surface area contributed by atoms with E-state index in [0.29, 0.717) is 6.07 Å². The SMILES string of the molecule is Cc1cc(F)c(N=C(CCC2CC2)C(F)(F)F)cc1S(=O)CC(F)(F)F. The number of aliphatic imine (C=N–C) groups is 1. The van der Waals surface area contributed by atoms with Crippen LogP contribution in [0.1, 0.15) is 31.2 Å². The summed E-state index contributed by atoms with van der Waals surface area (Å²) in [5, 5.41) is 0. The van der Waals surface area contributed by atoms with Crippen LogP contribution in [0.3, 0.4) is 0 Å². The van der Waals surface area contributed by atoms with E-state index in [-0.39, 0.29) is 22.8 Å². The molecule has 1 fully saturated rings. The third kappa shape index (κ3) is 6.07. The van der Waals surface area contributed by atoms with Crippen molar-refractivity contribution in [2.24, 2.45) is 10.9 Å². The van der Waals surface area contributed by atoms with Crippen molar-refractivity contribution in [1.29, 1.82) is 0 Å². The van der Waals surface area contributed by atoms with Gasteiger partial charge in [-0.15, -0.1) is 0 Å². The molecule has 1 aliphatic carbocycles. The molecule has 0 radical (unpaired) electrons. The van der Waals surface area contributed by atoms with Crippen LogP contribution in [0.4, 0.5) is 36.4 Å². The number of halogens is 7. The smallest absolute Gasteiger partial charge is 0.254 e. The van der Waals surface area contributed by atoms with Crippen molar-refractivity contribution in [2.45, 2.75) is 49.9 Å².